The average Bonchev–Trinajstić information content (AvgIpc) is 2.82. The van der Waals surface area contributed by atoms with E-state index in [2.05, 4.69) is 15.6 Å². The van der Waals surface area contributed by atoms with E-state index in [9.17, 15) is 13.6 Å². The number of aromatic nitrogens is 1. The largest absolute Gasteiger partial charge is 0.326 e. The molecule has 1 aromatic rings. The van der Waals surface area contributed by atoms with Crippen LogP contribution >= 0.6 is 25.9 Å². The molecule has 2 rings (SSSR count). The number of nitrogens with one attached hydrogen (secondary N) is 2. The molecule has 4 nitrogen and oxygen atoms in total. The highest BCUT2D eigenvalue weighted by molar-refractivity contribution is 7.59. The summed E-state index contributed by atoms with van der Waals surface area (Å²) in [6.07, 6.45) is -0.581. The maximum Gasteiger partial charge on any atom is 0.280 e. The Morgan fingerprint density at radius 2 is 2.26 bits per heavy atom. The molecule has 0 radical (unpaired) electrons. The molecular weight excluding hydrogens is 296 g/mol. The number of pyridine rings is 1. The van der Waals surface area contributed by atoms with Crippen LogP contribution in [0.1, 0.15) is 18.5 Å². The molecule has 2 heterocycles. The van der Waals surface area contributed by atoms with E-state index in [-0.39, 0.29) is 43.4 Å². The lowest BCUT2D eigenvalue weighted by Crippen LogP contribution is -2.24. The van der Waals surface area contributed by atoms with Crippen molar-refractivity contribution in [3.63, 3.8) is 0 Å². The van der Waals surface area contributed by atoms with Crippen LogP contribution in [-0.4, -0.2) is 24.0 Å². The molecule has 1 saturated heterocycles. The van der Waals surface area contributed by atoms with E-state index in [1.165, 1.54) is 18.3 Å². The van der Waals surface area contributed by atoms with Crippen LogP contribution in [0.2, 0.25) is 0 Å². The van der Waals surface area contributed by atoms with Crippen molar-refractivity contribution in [3.8, 4) is 0 Å². The fourth-order valence-corrected chi connectivity index (χ4v) is 1.77. The summed E-state index contributed by atoms with van der Waals surface area (Å²) >= 11 is 0. The molecule has 1 atom stereocenters. The van der Waals surface area contributed by atoms with Gasteiger partial charge in [0.05, 0.1) is 5.92 Å². The van der Waals surface area contributed by atoms with Crippen LogP contribution in [0.15, 0.2) is 18.3 Å². The Morgan fingerprint density at radius 3 is 2.84 bits per heavy atom. The van der Waals surface area contributed by atoms with Crippen molar-refractivity contribution in [2.24, 2.45) is 5.92 Å². The summed E-state index contributed by atoms with van der Waals surface area (Å²) in [7, 11) is 0. The number of carbonyl (C=O) groups is 1. The van der Waals surface area contributed by atoms with Gasteiger partial charge < -0.3 is 10.6 Å². The van der Waals surface area contributed by atoms with Gasteiger partial charge in [-0.1, -0.05) is 0 Å². The lowest BCUT2D eigenvalue weighted by atomic mass is 10.1. The Bertz CT molecular complexity index is 417. The van der Waals surface area contributed by atoms with E-state index in [0.29, 0.717) is 12.2 Å². The van der Waals surface area contributed by atoms with Crippen LogP contribution in [0.25, 0.3) is 0 Å². The first-order valence-electron chi connectivity index (χ1n) is 5.42. The molecule has 19 heavy (non-hydrogen) atoms. The minimum atomic E-state index is -2.63. The van der Waals surface area contributed by atoms with Crippen LogP contribution < -0.4 is 10.6 Å². The van der Waals surface area contributed by atoms with Gasteiger partial charge in [0.25, 0.3) is 6.43 Å². The van der Waals surface area contributed by atoms with Crippen molar-refractivity contribution < 1.29 is 13.6 Å². The van der Waals surface area contributed by atoms with Crippen LogP contribution in [0.4, 0.5) is 14.5 Å². The maximum absolute atomic E-state index is 12.4. The van der Waals surface area contributed by atoms with Crippen LogP contribution in [-0.2, 0) is 4.79 Å². The third-order valence-corrected chi connectivity index (χ3v) is 2.70. The first-order valence-corrected chi connectivity index (χ1v) is 5.42. The molecule has 1 amide bonds. The normalized spacial score (nSPS) is 17.5. The predicted octanol–water partition coefficient (Wildman–Crippen LogP) is 2.10. The highest BCUT2D eigenvalue weighted by Gasteiger charge is 2.22. The van der Waals surface area contributed by atoms with Crippen molar-refractivity contribution in [2.45, 2.75) is 12.8 Å². The highest BCUT2D eigenvalue weighted by Crippen LogP contribution is 2.20. The molecule has 0 bridgehead atoms. The zero-order valence-electron chi connectivity index (χ0n) is 10.0. The Labute approximate surface area is 123 Å². The monoisotopic (exact) mass is 311 g/mol. The summed E-state index contributed by atoms with van der Waals surface area (Å²) in [6.45, 7) is 1.45. The number of hydrogen-bond donors (Lipinski definition) is 2. The number of hydrogen-bond acceptors (Lipinski definition) is 3. The molecule has 0 saturated carbocycles. The maximum atomic E-state index is 12.4. The van der Waals surface area contributed by atoms with Crippen molar-refractivity contribution >= 4 is 37.5 Å². The van der Waals surface area contributed by atoms with Gasteiger partial charge in [0.15, 0.2) is 0 Å². The van der Waals surface area contributed by atoms with E-state index in [0.717, 1.165) is 13.0 Å². The van der Waals surface area contributed by atoms with E-state index in [1.54, 1.807) is 0 Å². The number of amides is 1. The second-order valence-electron chi connectivity index (χ2n) is 3.95. The van der Waals surface area contributed by atoms with Crippen LogP contribution in [0.5, 0.6) is 0 Å². The summed E-state index contributed by atoms with van der Waals surface area (Å²) in [5.41, 5.74) is 0.0412. The predicted molar refractivity (Wildman–Crippen MR) is 76.4 cm³/mol. The molecule has 8 heteroatoms. The van der Waals surface area contributed by atoms with Gasteiger partial charge in [-0.3, -0.25) is 9.78 Å². The Balaban J connectivity index is 0.00000162. The topological polar surface area (TPSA) is 54.0 Å². The number of halogens is 3. The summed E-state index contributed by atoms with van der Waals surface area (Å²) in [5, 5.41) is 5.70. The second-order valence-corrected chi connectivity index (χ2v) is 3.95. The van der Waals surface area contributed by atoms with E-state index in [4.69, 9.17) is 0 Å². The molecule has 2 N–H and O–H groups in total. The summed E-state index contributed by atoms with van der Waals surface area (Å²) < 4.78 is 24.8. The van der Waals surface area contributed by atoms with Gasteiger partial charge in [-0.2, -0.15) is 13.5 Å². The lowest BCUT2D eigenvalue weighted by Gasteiger charge is -2.10. The fraction of sp³-hybridized carbons (Fsp3) is 0.455. The van der Waals surface area contributed by atoms with Crippen molar-refractivity contribution in [1.29, 1.82) is 0 Å². The highest BCUT2D eigenvalue weighted by atomic mass is 35.5. The lowest BCUT2D eigenvalue weighted by molar-refractivity contribution is -0.119. The summed E-state index contributed by atoms with van der Waals surface area (Å²) in [6, 6.07) is 2.71. The zero-order valence-corrected chi connectivity index (χ0v) is 11.8. The molecule has 0 spiro atoms. The smallest absolute Gasteiger partial charge is 0.280 e. The van der Waals surface area contributed by atoms with Gasteiger partial charge >= 0.3 is 0 Å². The molecule has 1 fully saturated rings. The summed E-state index contributed by atoms with van der Waals surface area (Å²) in [4.78, 5) is 15.3. The Hall–Kier alpha value is -0.920. The number of carbonyl (C=O) groups excluding carboxylic acids is 1. The molecular formula is C11H16ClF2N3OS. The fourth-order valence-electron chi connectivity index (χ4n) is 1.77. The molecule has 0 aliphatic carbocycles. The second kappa shape index (κ2) is 8.29. The third kappa shape index (κ3) is 4.93. The van der Waals surface area contributed by atoms with Gasteiger partial charge in [0, 0.05) is 18.4 Å². The molecule has 0 unspecified atom stereocenters. The van der Waals surface area contributed by atoms with Gasteiger partial charge in [-0.25, -0.2) is 8.78 Å². The van der Waals surface area contributed by atoms with Gasteiger partial charge in [0.1, 0.15) is 5.69 Å². The molecule has 108 valence electrons. The van der Waals surface area contributed by atoms with Gasteiger partial charge in [-0.15, -0.1) is 12.4 Å². The van der Waals surface area contributed by atoms with E-state index in [1.807, 2.05) is 0 Å². The number of nitrogens with zero attached hydrogens (tertiary/aromatic N) is 1. The zero-order chi connectivity index (χ0) is 12.3. The average molecular weight is 312 g/mol. The van der Waals surface area contributed by atoms with Crippen molar-refractivity contribution in [3.05, 3.63) is 24.0 Å². The molecule has 1 aromatic heterocycles. The van der Waals surface area contributed by atoms with E-state index < -0.39 is 6.43 Å². The third-order valence-electron chi connectivity index (χ3n) is 2.70. The van der Waals surface area contributed by atoms with E-state index >= 15 is 0 Å². The Kier molecular flexibility index (Phi) is 7.89. The number of anilines is 1. The molecule has 1 aliphatic heterocycles. The van der Waals surface area contributed by atoms with Gasteiger partial charge in [-0.05, 0) is 25.1 Å². The summed E-state index contributed by atoms with van der Waals surface area (Å²) in [5.74, 6) is -0.223. The SMILES string of the molecule is Cl.O=C(Nc1ccnc(C(F)F)c1)[C@H]1CCNC1.S. The minimum absolute atomic E-state index is 0. The quantitative estimate of drug-likeness (QED) is 0.899. The first kappa shape index (κ1) is 18.1. The number of rotatable bonds is 3. The Morgan fingerprint density at radius 1 is 1.53 bits per heavy atom. The van der Waals surface area contributed by atoms with Crippen LogP contribution in [0.3, 0.4) is 0 Å². The first-order chi connectivity index (χ1) is 8.16. The number of alkyl halides is 2. The van der Waals surface area contributed by atoms with Crippen LogP contribution in [0, 0.1) is 5.92 Å². The standard InChI is InChI=1S/C11H13F2N3O.ClH.H2S/c12-10(13)9-5-8(2-4-15-9)16-11(17)7-1-3-14-6-7;;/h2,4-5,7,10,14H,1,3,6H2,(H,15,16,17);1H;1H2/t7-;;/m0../s1. The van der Waals surface area contributed by atoms with Crippen molar-refractivity contribution in [2.75, 3.05) is 18.4 Å². The van der Waals surface area contributed by atoms with Crippen molar-refractivity contribution in [1.82, 2.24) is 10.3 Å². The molecule has 1 aliphatic rings. The van der Waals surface area contributed by atoms with Gasteiger partial charge in [0.2, 0.25) is 5.91 Å². The molecule has 0 aromatic carbocycles. The minimum Gasteiger partial charge on any atom is -0.326 e.